The van der Waals surface area contributed by atoms with Crippen LogP contribution in [0, 0.1) is 19.8 Å². The first-order chi connectivity index (χ1) is 9.45. The summed E-state index contributed by atoms with van der Waals surface area (Å²) in [5.41, 5.74) is 5.71. The number of piperidine rings is 1. The Morgan fingerprint density at radius 2 is 2.25 bits per heavy atom. The molecule has 6 heteroatoms. The van der Waals surface area contributed by atoms with Gasteiger partial charge < -0.3 is 10.6 Å². The first-order valence-electron chi connectivity index (χ1n) is 7.37. The molecule has 1 aliphatic heterocycles. The number of hydrogen-bond acceptors (Lipinski definition) is 4. The zero-order chi connectivity index (χ0) is 14.7. The van der Waals surface area contributed by atoms with E-state index >= 15 is 0 Å². The van der Waals surface area contributed by atoms with Gasteiger partial charge in [0.1, 0.15) is 11.6 Å². The molecule has 6 nitrogen and oxygen atoms in total. The third kappa shape index (κ3) is 3.79. The zero-order valence-corrected chi connectivity index (χ0v) is 12.7. The van der Waals surface area contributed by atoms with Crippen LogP contribution in [-0.4, -0.2) is 44.7 Å². The van der Waals surface area contributed by atoms with Gasteiger partial charge in [-0.1, -0.05) is 0 Å². The Balaban J connectivity index is 1.93. The quantitative estimate of drug-likeness (QED) is 0.887. The van der Waals surface area contributed by atoms with E-state index in [1.165, 1.54) is 0 Å². The summed E-state index contributed by atoms with van der Waals surface area (Å²) in [5.74, 6) is 2.39. The van der Waals surface area contributed by atoms with E-state index in [4.69, 9.17) is 5.73 Å². The largest absolute Gasteiger partial charge is 0.342 e. The molecule has 1 amide bonds. The van der Waals surface area contributed by atoms with Crippen molar-refractivity contribution >= 4 is 5.91 Å². The summed E-state index contributed by atoms with van der Waals surface area (Å²) in [4.78, 5) is 18.4. The fourth-order valence-electron chi connectivity index (χ4n) is 2.82. The van der Waals surface area contributed by atoms with Gasteiger partial charge in [0.2, 0.25) is 5.91 Å². The monoisotopic (exact) mass is 279 g/mol. The highest BCUT2D eigenvalue weighted by Gasteiger charge is 2.24. The zero-order valence-electron chi connectivity index (χ0n) is 12.7. The molecule has 20 heavy (non-hydrogen) atoms. The highest BCUT2D eigenvalue weighted by molar-refractivity contribution is 5.76. The summed E-state index contributed by atoms with van der Waals surface area (Å²) >= 11 is 0. The van der Waals surface area contributed by atoms with E-state index in [9.17, 15) is 4.79 Å². The van der Waals surface area contributed by atoms with Crippen molar-refractivity contribution < 1.29 is 4.79 Å². The lowest BCUT2D eigenvalue weighted by Crippen LogP contribution is -2.42. The molecule has 0 spiro atoms. The van der Waals surface area contributed by atoms with Crippen molar-refractivity contribution in [1.82, 2.24) is 19.7 Å². The number of carbonyl (C=O) groups is 1. The highest BCUT2D eigenvalue weighted by atomic mass is 16.2. The molecule has 0 saturated carbocycles. The van der Waals surface area contributed by atoms with Gasteiger partial charge in [0.15, 0.2) is 0 Å². The van der Waals surface area contributed by atoms with Gasteiger partial charge in [-0.05, 0) is 39.5 Å². The third-order valence-electron chi connectivity index (χ3n) is 3.76. The molecule has 0 bridgehead atoms. The van der Waals surface area contributed by atoms with Gasteiger partial charge >= 0.3 is 0 Å². The van der Waals surface area contributed by atoms with Crippen molar-refractivity contribution in [3.63, 3.8) is 0 Å². The molecule has 0 aromatic carbocycles. The average Bonchev–Trinajstić information content (AvgIpc) is 2.67. The lowest BCUT2D eigenvalue weighted by Gasteiger charge is -2.33. The first-order valence-corrected chi connectivity index (χ1v) is 7.37. The number of amides is 1. The molecule has 1 aromatic rings. The summed E-state index contributed by atoms with van der Waals surface area (Å²) < 4.78 is 1.96. The number of rotatable bonds is 4. The summed E-state index contributed by atoms with van der Waals surface area (Å²) in [6.07, 6.45) is 2.64. The smallest absolute Gasteiger partial charge is 0.224 e. The van der Waals surface area contributed by atoms with Crippen molar-refractivity contribution in [2.45, 2.75) is 52.6 Å². The fraction of sp³-hybridized carbons (Fsp3) is 0.786. The SMILES string of the molecule is Cc1nc(C)n(CC2CCCN(C(=O)CC(C)N)C2)n1. The number of likely N-dealkylation sites (tertiary alicyclic amines) is 1. The van der Waals surface area contributed by atoms with Crippen LogP contribution < -0.4 is 5.73 Å². The number of aryl methyl sites for hydroxylation is 2. The maximum Gasteiger partial charge on any atom is 0.224 e. The molecule has 2 unspecified atom stereocenters. The second kappa shape index (κ2) is 6.35. The molecule has 2 N–H and O–H groups in total. The van der Waals surface area contributed by atoms with Gasteiger partial charge in [0.25, 0.3) is 0 Å². The average molecular weight is 279 g/mol. The van der Waals surface area contributed by atoms with Crippen LogP contribution in [0.1, 0.15) is 37.8 Å². The standard InChI is InChI=1S/C14H25N5O/c1-10(15)7-14(20)18-6-4-5-13(8-18)9-19-12(3)16-11(2)17-19/h10,13H,4-9,15H2,1-3H3. The van der Waals surface area contributed by atoms with Crippen molar-refractivity contribution in [2.75, 3.05) is 13.1 Å². The van der Waals surface area contributed by atoms with E-state index in [0.717, 1.165) is 44.1 Å². The Hall–Kier alpha value is -1.43. The Morgan fingerprint density at radius 1 is 1.50 bits per heavy atom. The summed E-state index contributed by atoms with van der Waals surface area (Å²) in [6.45, 7) is 8.27. The van der Waals surface area contributed by atoms with E-state index < -0.39 is 0 Å². The van der Waals surface area contributed by atoms with E-state index in [2.05, 4.69) is 10.1 Å². The molecule has 1 aromatic heterocycles. The summed E-state index contributed by atoms with van der Waals surface area (Å²) in [7, 11) is 0. The van der Waals surface area contributed by atoms with E-state index in [1.807, 2.05) is 30.4 Å². The molecular formula is C14H25N5O. The van der Waals surface area contributed by atoms with E-state index in [1.54, 1.807) is 0 Å². The minimum Gasteiger partial charge on any atom is -0.342 e. The molecule has 2 heterocycles. The predicted molar refractivity (Wildman–Crippen MR) is 77.1 cm³/mol. The molecule has 1 saturated heterocycles. The number of hydrogen-bond donors (Lipinski definition) is 1. The molecule has 1 aliphatic rings. The van der Waals surface area contributed by atoms with Crippen LogP contribution in [0.3, 0.4) is 0 Å². The van der Waals surface area contributed by atoms with Gasteiger partial charge in [-0.25, -0.2) is 9.67 Å². The van der Waals surface area contributed by atoms with Crippen molar-refractivity contribution in [3.05, 3.63) is 11.6 Å². The maximum atomic E-state index is 12.1. The van der Waals surface area contributed by atoms with E-state index in [0.29, 0.717) is 12.3 Å². The van der Waals surface area contributed by atoms with Crippen molar-refractivity contribution in [2.24, 2.45) is 11.7 Å². The Labute approximate surface area is 120 Å². The van der Waals surface area contributed by atoms with Crippen LogP contribution in [0.4, 0.5) is 0 Å². The topological polar surface area (TPSA) is 77.0 Å². The van der Waals surface area contributed by atoms with Gasteiger partial charge in [-0.3, -0.25) is 4.79 Å². The molecule has 0 radical (unpaired) electrons. The minimum absolute atomic E-state index is 0.0666. The second-order valence-corrected chi connectivity index (χ2v) is 5.92. The first kappa shape index (κ1) is 15.0. The van der Waals surface area contributed by atoms with Crippen LogP contribution in [0.25, 0.3) is 0 Å². The fourth-order valence-corrected chi connectivity index (χ4v) is 2.82. The van der Waals surface area contributed by atoms with Gasteiger partial charge in [0, 0.05) is 32.1 Å². The Bertz CT molecular complexity index is 468. The minimum atomic E-state index is -0.0666. The molecule has 0 aliphatic carbocycles. The van der Waals surface area contributed by atoms with Gasteiger partial charge in [0.05, 0.1) is 0 Å². The molecule has 112 valence electrons. The van der Waals surface area contributed by atoms with Crippen LogP contribution in [-0.2, 0) is 11.3 Å². The van der Waals surface area contributed by atoms with Gasteiger partial charge in [-0.15, -0.1) is 0 Å². The molecular weight excluding hydrogens is 254 g/mol. The van der Waals surface area contributed by atoms with Crippen molar-refractivity contribution in [1.29, 1.82) is 0 Å². The molecule has 2 rings (SSSR count). The lowest BCUT2D eigenvalue weighted by atomic mass is 9.97. The van der Waals surface area contributed by atoms with Crippen molar-refractivity contribution in [3.8, 4) is 0 Å². The summed E-state index contributed by atoms with van der Waals surface area (Å²) in [6, 6.07) is -0.0666. The summed E-state index contributed by atoms with van der Waals surface area (Å²) in [5, 5.41) is 4.40. The normalized spacial score (nSPS) is 21.0. The van der Waals surface area contributed by atoms with Crippen LogP contribution in [0.5, 0.6) is 0 Å². The molecule has 2 atom stereocenters. The third-order valence-corrected chi connectivity index (χ3v) is 3.76. The van der Waals surface area contributed by atoms with E-state index in [-0.39, 0.29) is 11.9 Å². The molecule has 1 fully saturated rings. The Kier molecular flexibility index (Phi) is 4.75. The van der Waals surface area contributed by atoms with Crippen LogP contribution in [0.15, 0.2) is 0 Å². The lowest BCUT2D eigenvalue weighted by molar-refractivity contribution is -0.133. The van der Waals surface area contributed by atoms with Crippen LogP contribution in [0.2, 0.25) is 0 Å². The number of aromatic nitrogens is 3. The number of carbonyl (C=O) groups excluding carboxylic acids is 1. The number of nitrogens with zero attached hydrogens (tertiary/aromatic N) is 4. The van der Waals surface area contributed by atoms with Crippen LogP contribution >= 0.6 is 0 Å². The number of nitrogens with two attached hydrogens (primary N) is 1. The van der Waals surface area contributed by atoms with Gasteiger partial charge in [-0.2, -0.15) is 5.10 Å². The second-order valence-electron chi connectivity index (χ2n) is 5.92. The predicted octanol–water partition coefficient (Wildman–Crippen LogP) is 0.871. The maximum absolute atomic E-state index is 12.1. The Morgan fingerprint density at radius 3 is 2.85 bits per heavy atom. The highest BCUT2D eigenvalue weighted by Crippen LogP contribution is 2.19.